The summed E-state index contributed by atoms with van der Waals surface area (Å²) >= 11 is 0. The van der Waals surface area contributed by atoms with Crippen LogP contribution in [0.15, 0.2) is 180 Å². The van der Waals surface area contributed by atoms with Gasteiger partial charge < -0.3 is 13.6 Å². The fourth-order valence-corrected chi connectivity index (χ4v) is 8.54. The van der Waals surface area contributed by atoms with Gasteiger partial charge in [-0.3, -0.25) is 0 Å². The molecule has 0 unspecified atom stereocenters. The second-order valence-corrected chi connectivity index (χ2v) is 13.7. The Morgan fingerprint density at radius 2 is 0.923 bits per heavy atom. The van der Waals surface area contributed by atoms with Gasteiger partial charge in [-0.25, -0.2) is 0 Å². The lowest BCUT2D eigenvalue weighted by Gasteiger charge is -2.15. The average molecular weight is 665 g/mol. The molecule has 3 heterocycles. The van der Waals surface area contributed by atoms with Crippen LogP contribution in [-0.4, -0.2) is 9.13 Å². The van der Waals surface area contributed by atoms with Gasteiger partial charge >= 0.3 is 0 Å². The van der Waals surface area contributed by atoms with Crippen LogP contribution in [0, 0.1) is 6.92 Å². The number of fused-ring (bicyclic) bond motifs is 9. The Morgan fingerprint density at radius 3 is 1.65 bits per heavy atom. The van der Waals surface area contributed by atoms with Gasteiger partial charge in [0, 0.05) is 49.3 Å². The molecule has 0 saturated heterocycles. The molecule has 0 spiro atoms. The van der Waals surface area contributed by atoms with E-state index in [1.807, 2.05) is 6.07 Å². The zero-order chi connectivity index (χ0) is 34.3. The third kappa shape index (κ3) is 4.14. The van der Waals surface area contributed by atoms with Crippen molar-refractivity contribution in [3.63, 3.8) is 0 Å². The topological polar surface area (TPSA) is 23.0 Å². The molecule has 0 aliphatic rings. The first-order chi connectivity index (χ1) is 25.7. The first kappa shape index (κ1) is 28.9. The van der Waals surface area contributed by atoms with Gasteiger partial charge in [0.15, 0.2) is 0 Å². The molecule has 3 aromatic heterocycles. The highest BCUT2D eigenvalue weighted by atomic mass is 16.3. The highest BCUT2D eigenvalue weighted by Gasteiger charge is 2.19. The van der Waals surface area contributed by atoms with Crippen LogP contribution in [-0.2, 0) is 0 Å². The third-order valence-electron chi connectivity index (χ3n) is 10.9. The van der Waals surface area contributed by atoms with Crippen molar-refractivity contribution in [2.24, 2.45) is 0 Å². The smallest absolute Gasteiger partial charge is 0.143 e. The van der Waals surface area contributed by atoms with Gasteiger partial charge in [-0.05, 0) is 89.8 Å². The number of nitrogens with zero attached hydrogens (tertiary/aromatic N) is 2. The summed E-state index contributed by atoms with van der Waals surface area (Å²) in [4.78, 5) is 0. The van der Waals surface area contributed by atoms with Crippen molar-refractivity contribution < 1.29 is 4.42 Å². The standard InChI is InChI=1S/C49H32N2O/c1-31-35(39-19-11-20-40-38-17-7-10-24-48(38)52-49(39)40)18-12-23-43(31)51-45-22-9-6-16-37(45)42-30-33(26-28-47(42)51)32-25-27-46-41(29-32)36-15-5-8-21-44(36)50(46)34-13-3-2-4-14-34/h2-30H,1H3. The van der Waals surface area contributed by atoms with Crippen LogP contribution in [0.4, 0.5) is 0 Å². The molecule has 3 nitrogen and oxygen atoms in total. The molecule has 0 aliphatic carbocycles. The molecule has 0 N–H and O–H groups in total. The van der Waals surface area contributed by atoms with Gasteiger partial charge in [0.25, 0.3) is 0 Å². The van der Waals surface area contributed by atoms with E-state index in [1.165, 1.54) is 77.2 Å². The molecule has 11 rings (SSSR count). The zero-order valence-corrected chi connectivity index (χ0v) is 28.5. The summed E-state index contributed by atoms with van der Waals surface area (Å²) in [6.45, 7) is 2.24. The van der Waals surface area contributed by atoms with Crippen LogP contribution in [0.2, 0.25) is 0 Å². The lowest BCUT2D eigenvalue weighted by Crippen LogP contribution is -1.98. The summed E-state index contributed by atoms with van der Waals surface area (Å²) in [7, 11) is 0. The minimum absolute atomic E-state index is 0.915. The maximum absolute atomic E-state index is 6.49. The van der Waals surface area contributed by atoms with E-state index in [9.17, 15) is 0 Å². The van der Waals surface area contributed by atoms with Crippen molar-refractivity contribution in [1.82, 2.24) is 9.13 Å². The van der Waals surface area contributed by atoms with Crippen molar-refractivity contribution in [2.75, 3.05) is 0 Å². The van der Waals surface area contributed by atoms with Gasteiger partial charge in [0.05, 0.1) is 22.1 Å². The van der Waals surface area contributed by atoms with Gasteiger partial charge in [-0.15, -0.1) is 0 Å². The van der Waals surface area contributed by atoms with Crippen molar-refractivity contribution in [3.05, 3.63) is 181 Å². The molecule has 3 heteroatoms. The zero-order valence-electron chi connectivity index (χ0n) is 28.5. The van der Waals surface area contributed by atoms with E-state index >= 15 is 0 Å². The van der Waals surface area contributed by atoms with Crippen LogP contribution in [0.5, 0.6) is 0 Å². The Hall–Kier alpha value is -6.84. The predicted molar refractivity (Wildman–Crippen MR) is 218 cm³/mol. The molecule has 0 fully saturated rings. The number of aromatic nitrogens is 2. The van der Waals surface area contributed by atoms with Gasteiger partial charge in [-0.1, -0.05) is 115 Å². The van der Waals surface area contributed by atoms with Crippen LogP contribution in [0.1, 0.15) is 5.56 Å². The van der Waals surface area contributed by atoms with Crippen molar-refractivity contribution in [2.45, 2.75) is 6.92 Å². The van der Waals surface area contributed by atoms with E-state index in [-0.39, 0.29) is 0 Å². The maximum Gasteiger partial charge on any atom is 0.143 e. The Bertz CT molecular complexity index is 3190. The molecule has 0 amide bonds. The fraction of sp³-hybridized carbons (Fsp3) is 0.0204. The summed E-state index contributed by atoms with van der Waals surface area (Å²) in [6.07, 6.45) is 0. The van der Waals surface area contributed by atoms with E-state index in [0.29, 0.717) is 0 Å². The average Bonchev–Trinajstić information content (AvgIpc) is 3.86. The summed E-state index contributed by atoms with van der Waals surface area (Å²) < 4.78 is 11.3. The number of para-hydroxylation sites is 5. The first-order valence-electron chi connectivity index (χ1n) is 17.9. The molecule has 8 aromatic carbocycles. The van der Waals surface area contributed by atoms with Crippen LogP contribution in [0.25, 0.3) is 99.2 Å². The van der Waals surface area contributed by atoms with Gasteiger partial charge in [0.1, 0.15) is 11.2 Å². The predicted octanol–water partition coefficient (Wildman–Crippen LogP) is 13.4. The van der Waals surface area contributed by atoms with Crippen LogP contribution >= 0.6 is 0 Å². The Morgan fingerprint density at radius 1 is 0.385 bits per heavy atom. The quantitative estimate of drug-likeness (QED) is 0.184. The van der Waals surface area contributed by atoms with Crippen molar-refractivity contribution >= 4 is 65.6 Å². The molecule has 0 radical (unpaired) electrons. The second kappa shape index (κ2) is 11.1. The van der Waals surface area contributed by atoms with Gasteiger partial charge in [0.2, 0.25) is 0 Å². The summed E-state index contributed by atoms with van der Waals surface area (Å²) in [5, 5.41) is 7.29. The van der Waals surface area contributed by atoms with E-state index in [1.54, 1.807) is 0 Å². The van der Waals surface area contributed by atoms with E-state index in [2.05, 4.69) is 186 Å². The number of hydrogen-bond acceptors (Lipinski definition) is 1. The molecule has 0 aliphatic heterocycles. The molecular formula is C49H32N2O. The largest absolute Gasteiger partial charge is 0.455 e. The van der Waals surface area contributed by atoms with E-state index in [4.69, 9.17) is 4.42 Å². The molecule has 11 aromatic rings. The molecule has 52 heavy (non-hydrogen) atoms. The summed E-state index contributed by atoms with van der Waals surface area (Å²) in [6, 6.07) is 63.5. The van der Waals surface area contributed by atoms with E-state index in [0.717, 1.165) is 27.5 Å². The number of benzene rings is 8. The Labute approximate surface area is 300 Å². The lowest BCUT2D eigenvalue weighted by atomic mass is 9.97. The molecule has 0 bridgehead atoms. The SMILES string of the molecule is Cc1c(-c2cccc3c2oc2ccccc23)cccc1-n1c2ccccc2c2cc(-c3ccc4c(c3)c3ccccc3n4-c3ccccc3)ccc21. The summed E-state index contributed by atoms with van der Waals surface area (Å²) in [5.74, 6) is 0. The number of furan rings is 1. The molecule has 0 saturated carbocycles. The van der Waals surface area contributed by atoms with Crippen LogP contribution < -0.4 is 0 Å². The lowest BCUT2D eigenvalue weighted by molar-refractivity contribution is 0.670. The highest BCUT2D eigenvalue weighted by Crippen LogP contribution is 2.41. The highest BCUT2D eigenvalue weighted by molar-refractivity contribution is 6.13. The molecule has 0 atom stereocenters. The van der Waals surface area contributed by atoms with Crippen molar-refractivity contribution in [1.29, 1.82) is 0 Å². The second-order valence-electron chi connectivity index (χ2n) is 13.7. The minimum Gasteiger partial charge on any atom is -0.455 e. The Balaban J connectivity index is 1.09. The number of hydrogen-bond donors (Lipinski definition) is 0. The van der Waals surface area contributed by atoms with Crippen LogP contribution in [0.3, 0.4) is 0 Å². The molecule has 244 valence electrons. The summed E-state index contributed by atoms with van der Waals surface area (Å²) in [5.41, 5.74) is 14.9. The Kier molecular flexibility index (Phi) is 6.17. The van der Waals surface area contributed by atoms with Gasteiger partial charge in [-0.2, -0.15) is 0 Å². The minimum atomic E-state index is 0.915. The maximum atomic E-state index is 6.49. The van der Waals surface area contributed by atoms with Crippen molar-refractivity contribution in [3.8, 4) is 33.6 Å². The first-order valence-corrected chi connectivity index (χ1v) is 17.9. The third-order valence-corrected chi connectivity index (χ3v) is 10.9. The molecular weight excluding hydrogens is 633 g/mol. The van der Waals surface area contributed by atoms with E-state index < -0.39 is 0 Å². The monoisotopic (exact) mass is 664 g/mol. The fourth-order valence-electron chi connectivity index (χ4n) is 8.54. The normalized spacial score (nSPS) is 11.9. The number of rotatable bonds is 4.